The molecule has 2 atom stereocenters. The van der Waals surface area contributed by atoms with Gasteiger partial charge in [-0.15, -0.1) is 0 Å². The number of hydrogen-bond acceptors (Lipinski definition) is 4. The lowest BCUT2D eigenvalue weighted by Gasteiger charge is -2.19. The van der Waals surface area contributed by atoms with Gasteiger partial charge in [-0.25, -0.2) is 0 Å². The lowest BCUT2D eigenvalue weighted by molar-refractivity contribution is -0.162. The van der Waals surface area contributed by atoms with Crippen molar-refractivity contribution in [2.24, 2.45) is 5.92 Å². The first-order chi connectivity index (χ1) is 6.46. The minimum absolute atomic E-state index is 0.191. The van der Waals surface area contributed by atoms with Gasteiger partial charge in [0.2, 0.25) is 0 Å². The van der Waals surface area contributed by atoms with Gasteiger partial charge in [0, 0.05) is 0 Å². The van der Waals surface area contributed by atoms with Gasteiger partial charge in [0.25, 0.3) is 0 Å². The third-order valence-corrected chi connectivity index (χ3v) is 2.25. The maximum absolute atomic E-state index is 11.4. The number of carbonyl (C=O) groups is 1. The van der Waals surface area contributed by atoms with Gasteiger partial charge in [0.15, 0.2) is 5.79 Å². The molecular weight excluding hydrogens is 184 g/mol. The highest BCUT2D eigenvalue weighted by Crippen LogP contribution is 2.27. The second-order valence-corrected chi connectivity index (χ2v) is 3.91. The molecule has 1 aliphatic rings. The Bertz CT molecular complexity index is 212. The smallest absolute Gasteiger partial charge is 0.311 e. The molecule has 2 unspecified atom stereocenters. The molecule has 1 rings (SSSR count). The van der Waals surface area contributed by atoms with Gasteiger partial charge in [-0.1, -0.05) is 0 Å². The second kappa shape index (κ2) is 4.28. The predicted molar refractivity (Wildman–Crippen MR) is 50.7 cm³/mol. The largest absolute Gasteiger partial charge is 0.466 e. The van der Waals surface area contributed by atoms with E-state index in [4.69, 9.17) is 14.2 Å². The number of esters is 1. The first-order valence-electron chi connectivity index (χ1n) is 4.94. The zero-order valence-corrected chi connectivity index (χ0v) is 9.20. The van der Waals surface area contributed by atoms with E-state index in [1.165, 1.54) is 0 Å². The van der Waals surface area contributed by atoms with Crippen LogP contribution in [0.25, 0.3) is 0 Å². The lowest BCUT2D eigenvalue weighted by Crippen LogP contribution is -2.31. The van der Waals surface area contributed by atoms with Crippen molar-refractivity contribution in [3.63, 3.8) is 0 Å². The first-order valence-corrected chi connectivity index (χ1v) is 4.94. The van der Waals surface area contributed by atoms with Crippen molar-refractivity contribution >= 4 is 5.97 Å². The Kier molecular flexibility index (Phi) is 3.50. The molecular formula is C10H18O4. The molecule has 0 aromatic heterocycles. The Hall–Kier alpha value is -0.610. The fourth-order valence-electron chi connectivity index (χ4n) is 1.39. The van der Waals surface area contributed by atoms with Crippen LogP contribution < -0.4 is 0 Å². The van der Waals surface area contributed by atoms with Gasteiger partial charge in [-0.2, -0.15) is 0 Å². The van der Waals surface area contributed by atoms with Gasteiger partial charge >= 0.3 is 5.97 Å². The topological polar surface area (TPSA) is 44.8 Å². The highest BCUT2D eigenvalue weighted by Gasteiger charge is 2.38. The van der Waals surface area contributed by atoms with E-state index in [0.29, 0.717) is 13.2 Å². The monoisotopic (exact) mass is 202 g/mol. The summed E-state index contributed by atoms with van der Waals surface area (Å²) in [7, 11) is 0. The Morgan fingerprint density at radius 1 is 1.64 bits per heavy atom. The van der Waals surface area contributed by atoms with E-state index in [9.17, 15) is 4.79 Å². The molecule has 0 saturated carbocycles. The molecule has 1 heterocycles. The second-order valence-electron chi connectivity index (χ2n) is 3.91. The summed E-state index contributed by atoms with van der Waals surface area (Å²) >= 11 is 0. The fourth-order valence-corrected chi connectivity index (χ4v) is 1.39. The summed E-state index contributed by atoms with van der Waals surface area (Å²) in [6.45, 7) is 8.12. The van der Waals surface area contributed by atoms with Crippen LogP contribution in [-0.4, -0.2) is 31.1 Å². The molecule has 1 saturated heterocycles. The molecule has 0 radical (unpaired) electrons. The molecule has 0 aliphatic carbocycles. The SMILES string of the molecule is CCOC(=O)C(C)C1COC(C)(C)O1. The minimum atomic E-state index is -0.578. The van der Waals surface area contributed by atoms with Crippen molar-refractivity contribution in [3.8, 4) is 0 Å². The summed E-state index contributed by atoms with van der Waals surface area (Å²) in [6.07, 6.45) is -0.191. The van der Waals surface area contributed by atoms with E-state index in [1.54, 1.807) is 13.8 Å². The van der Waals surface area contributed by atoms with Gasteiger partial charge < -0.3 is 14.2 Å². The van der Waals surface area contributed by atoms with E-state index < -0.39 is 5.79 Å². The van der Waals surface area contributed by atoms with Crippen LogP contribution in [0.1, 0.15) is 27.7 Å². The summed E-state index contributed by atoms with van der Waals surface area (Å²) in [5.41, 5.74) is 0. The van der Waals surface area contributed by atoms with Crippen LogP contribution in [0.5, 0.6) is 0 Å². The average Bonchev–Trinajstić information content (AvgIpc) is 2.45. The predicted octanol–water partition coefficient (Wildman–Crippen LogP) is 1.34. The summed E-state index contributed by atoms with van der Waals surface area (Å²) in [5, 5.41) is 0. The third-order valence-electron chi connectivity index (χ3n) is 2.25. The Labute approximate surface area is 84.5 Å². The van der Waals surface area contributed by atoms with E-state index in [0.717, 1.165) is 0 Å². The summed E-state index contributed by atoms with van der Waals surface area (Å²) < 4.78 is 15.8. The highest BCUT2D eigenvalue weighted by molar-refractivity contribution is 5.72. The molecule has 1 fully saturated rings. The highest BCUT2D eigenvalue weighted by atomic mass is 16.7. The number of hydrogen-bond donors (Lipinski definition) is 0. The van der Waals surface area contributed by atoms with Crippen molar-refractivity contribution in [3.05, 3.63) is 0 Å². The van der Waals surface area contributed by atoms with E-state index in [1.807, 2.05) is 13.8 Å². The number of ether oxygens (including phenoxy) is 3. The van der Waals surface area contributed by atoms with Crippen LogP contribution in [0.4, 0.5) is 0 Å². The molecule has 14 heavy (non-hydrogen) atoms. The molecule has 0 aromatic carbocycles. The summed E-state index contributed by atoms with van der Waals surface area (Å²) in [5.74, 6) is -1.07. The average molecular weight is 202 g/mol. The first kappa shape index (κ1) is 11.5. The molecule has 0 N–H and O–H groups in total. The van der Waals surface area contributed by atoms with E-state index >= 15 is 0 Å². The zero-order valence-electron chi connectivity index (χ0n) is 9.20. The molecule has 4 nitrogen and oxygen atoms in total. The molecule has 0 aromatic rings. The van der Waals surface area contributed by atoms with Crippen molar-refractivity contribution in [2.45, 2.75) is 39.6 Å². The molecule has 0 spiro atoms. The van der Waals surface area contributed by atoms with E-state index in [-0.39, 0.29) is 18.0 Å². The van der Waals surface area contributed by atoms with Gasteiger partial charge in [-0.3, -0.25) is 4.79 Å². The third kappa shape index (κ3) is 2.69. The van der Waals surface area contributed by atoms with Crippen LogP contribution in [0.15, 0.2) is 0 Å². The standard InChI is InChI=1S/C10H18O4/c1-5-12-9(11)7(2)8-6-13-10(3,4)14-8/h7-8H,5-6H2,1-4H3. The van der Waals surface area contributed by atoms with Crippen molar-refractivity contribution in [2.75, 3.05) is 13.2 Å². The Morgan fingerprint density at radius 2 is 2.29 bits per heavy atom. The molecule has 0 amide bonds. The fraction of sp³-hybridized carbons (Fsp3) is 0.900. The minimum Gasteiger partial charge on any atom is -0.466 e. The summed E-state index contributed by atoms with van der Waals surface area (Å²) in [6, 6.07) is 0. The maximum Gasteiger partial charge on any atom is 0.311 e. The summed E-state index contributed by atoms with van der Waals surface area (Å²) in [4.78, 5) is 11.4. The quantitative estimate of drug-likeness (QED) is 0.648. The van der Waals surface area contributed by atoms with Crippen LogP contribution in [-0.2, 0) is 19.0 Å². The van der Waals surface area contributed by atoms with Crippen LogP contribution in [0.3, 0.4) is 0 Å². The zero-order chi connectivity index (χ0) is 10.8. The normalized spacial score (nSPS) is 27.3. The van der Waals surface area contributed by atoms with Crippen LogP contribution >= 0.6 is 0 Å². The Balaban J connectivity index is 2.46. The molecule has 4 heteroatoms. The maximum atomic E-state index is 11.4. The molecule has 1 aliphatic heterocycles. The number of rotatable bonds is 3. The van der Waals surface area contributed by atoms with Crippen LogP contribution in [0, 0.1) is 5.92 Å². The van der Waals surface area contributed by atoms with Crippen LogP contribution in [0.2, 0.25) is 0 Å². The molecule has 0 bridgehead atoms. The van der Waals surface area contributed by atoms with Crippen molar-refractivity contribution in [1.29, 1.82) is 0 Å². The van der Waals surface area contributed by atoms with Gasteiger partial charge in [-0.05, 0) is 27.7 Å². The van der Waals surface area contributed by atoms with E-state index in [2.05, 4.69) is 0 Å². The lowest BCUT2D eigenvalue weighted by atomic mass is 10.1. The van der Waals surface area contributed by atoms with Crippen molar-refractivity contribution < 1.29 is 19.0 Å². The number of carbonyl (C=O) groups excluding carboxylic acids is 1. The van der Waals surface area contributed by atoms with Gasteiger partial charge in [0.05, 0.1) is 25.2 Å². The molecule has 82 valence electrons. The van der Waals surface area contributed by atoms with Crippen molar-refractivity contribution in [1.82, 2.24) is 0 Å². The van der Waals surface area contributed by atoms with Gasteiger partial charge in [0.1, 0.15) is 0 Å². The Morgan fingerprint density at radius 3 is 2.71 bits per heavy atom.